The molecule has 0 aliphatic carbocycles. The van der Waals surface area contributed by atoms with Crippen LogP contribution in [0.15, 0.2) is 78.9 Å². The van der Waals surface area contributed by atoms with E-state index in [1.807, 2.05) is 54.6 Å². The van der Waals surface area contributed by atoms with Crippen molar-refractivity contribution in [1.29, 1.82) is 0 Å². The van der Waals surface area contributed by atoms with Crippen LogP contribution in [0.25, 0.3) is 11.0 Å². The minimum atomic E-state index is 0.719. The Balaban J connectivity index is 1.45. The maximum Gasteiger partial charge on any atom is 0.119 e. The Morgan fingerprint density at radius 3 is 2.43 bits per heavy atom. The molecule has 28 heavy (non-hydrogen) atoms. The number of hydrogen-bond acceptors (Lipinski definition) is 2. The monoisotopic (exact) mass is 390 g/mol. The van der Waals surface area contributed by atoms with Crippen LogP contribution >= 0.6 is 11.6 Å². The summed E-state index contributed by atoms with van der Waals surface area (Å²) in [5.74, 6) is 1.98. The average molecular weight is 391 g/mol. The lowest BCUT2D eigenvalue weighted by molar-refractivity contribution is 0.303. The number of para-hydroxylation sites is 3. The van der Waals surface area contributed by atoms with E-state index >= 15 is 0 Å². The minimum Gasteiger partial charge on any atom is -0.494 e. The lowest BCUT2D eigenvalue weighted by atomic mass is 10.1. The largest absolute Gasteiger partial charge is 0.494 e. The molecule has 0 amide bonds. The molecule has 1 aromatic heterocycles. The topological polar surface area (TPSA) is 27.1 Å². The van der Waals surface area contributed by atoms with E-state index in [1.165, 1.54) is 5.52 Å². The summed E-state index contributed by atoms with van der Waals surface area (Å²) in [6, 6.07) is 26.3. The third kappa shape index (κ3) is 4.37. The Labute approximate surface area is 170 Å². The first-order chi connectivity index (χ1) is 13.8. The van der Waals surface area contributed by atoms with Gasteiger partial charge in [-0.25, -0.2) is 4.98 Å². The number of benzene rings is 3. The van der Waals surface area contributed by atoms with Crippen molar-refractivity contribution in [1.82, 2.24) is 9.55 Å². The van der Waals surface area contributed by atoms with Crippen molar-refractivity contribution in [2.75, 3.05) is 6.61 Å². The molecule has 0 aliphatic rings. The molecule has 142 valence electrons. The third-order valence-electron chi connectivity index (χ3n) is 4.83. The van der Waals surface area contributed by atoms with E-state index in [2.05, 4.69) is 28.8 Å². The normalized spacial score (nSPS) is 11.0. The summed E-state index contributed by atoms with van der Waals surface area (Å²) in [7, 11) is 0. The summed E-state index contributed by atoms with van der Waals surface area (Å²) in [5, 5.41) is 0.789. The van der Waals surface area contributed by atoms with Gasteiger partial charge in [0.15, 0.2) is 0 Å². The second-order valence-electron chi connectivity index (χ2n) is 6.81. The molecule has 4 rings (SSSR count). The molecule has 0 bridgehead atoms. The van der Waals surface area contributed by atoms with Crippen molar-refractivity contribution in [3.05, 3.63) is 95.3 Å². The van der Waals surface area contributed by atoms with Crippen molar-refractivity contribution in [3.8, 4) is 5.75 Å². The number of hydrogen-bond donors (Lipinski definition) is 0. The molecule has 3 nitrogen and oxygen atoms in total. The Bertz CT molecular complexity index is 1040. The van der Waals surface area contributed by atoms with Crippen molar-refractivity contribution < 1.29 is 4.74 Å². The van der Waals surface area contributed by atoms with Crippen LogP contribution in [0, 0.1) is 0 Å². The summed E-state index contributed by atoms with van der Waals surface area (Å²) < 4.78 is 8.13. The first kappa shape index (κ1) is 18.6. The minimum absolute atomic E-state index is 0.719. The van der Waals surface area contributed by atoms with Crippen LogP contribution in [-0.2, 0) is 13.0 Å². The van der Waals surface area contributed by atoms with E-state index in [4.69, 9.17) is 21.3 Å². The molecule has 4 aromatic rings. The van der Waals surface area contributed by atoms with Gasteiger partial charge in [-0.3, -0.25) is 0 Å². The zero-order chi connectivity index (χ0) is 19.2. The maximum absolute atomic E-state index is 6.38. The lowest BCUT2D eigenvalue weighted by Gasteiger charge is -2.11. The van der Waals surface area contributed by atoms with E-state index in [9.17, 15) is 0 Å². The van der Waals surface area contributed by atoms with Gasteiger partial charge in [0.25, 0.3) is 0 Å². The van der Waals surface area contributed by atoms with Gasteiger partial charge in [0.2, 0.25) is 0 Å². The molecule has 0 aliphatic heterocycles. The van der Waals surface area contributed by atoms with Gasteiger partial charge in [-0.2, -0.15) is 0 Å². The molecule has 0 saturated carbocycles. The first-order valence-corrected chi connectivity index (χ1v) is 10.0. The summed E-state index contributed by atoms with van der Waals surface area (Å²) in [6.07, 6.45) is 2.75. The molecule has 0 radical (unpaired) electrons. The molecular formula is C24H23ClN2O. The lowest BCUT2D eigenvalue weighted by Crippen LogP contribution is -2.07. The van der Waals surface area contributed by atoms with E-state index in [-0.39, 0.29) is 0 Å². The fraction of sp³-hybridized carbons (Fsp3) is 0.208. The molecule has 0 saturated heterocycles. The van der Waals surface area contributed by atoms with Gasteiger partial charge in [0, 0.05) is 18.0 Å². The van der Waals surface area contributed by atoms with Crippen molar-refractivity contribution in [2.45, 2.75) is 25.8 Å². The quantitative estimate of drug-likeness (QED) is 0.338. The van der Waals surface area contributed by atoms with E-state index in [0.29, 0.717) is 0 Å². The fourth-order valence-corrected chi connectivity index (χ4v) is 3.60. The van der Waals surface area contributed by atoms with Crippen LogP contribution in [0.3, 0.4) is 0 Å². The molecule has 0 unspecified atom stereocenters. The predicted molar refractivity (Wildman–Crippen MR) is 115 cm³/mol. The molecule has 1 heterocycles. The predicted octanol–water partition coefficient (Wildman–Crippen LogP) is 6.14. The number of halogens is 1. The van der Waals surface area contributed by atoms with Crippen molar-refractivity contribution in [2.24, 2.45) is 0 Å². The number of imidazole rings is 1. The van der Waals surface area contributed by atoms with Crippen LogP contribution in [0.1, 0.15) is 24.2 Å². The van der Waals surface area contributed by atoms with E-state index in [0.717, 1.165) is 60.1 Å². The third-order valence-corrected chi connectivity index (χ3v) is 5.20. The van der Waals surface area contributed by atoms with Crippen molar-refractivity contribution in [3.63, 3.8) is 0 Å². The SMILES string of the molecule is Clc1ccccc1Cc1nc2ccccc2n1CCCCOc1ccccc1. The Kier molecular flexibility index (Phi) is 5.93. The number of nitrogens with zero attached hydrogens (tertiary/aromatic N) is 2. The van der Waals surface area contributed by atoms with Crippen molar-refractivity contribution >= 4 is 22.6 Å². The second-order valence-corrected chi connectivity index (χ2v) is 7.21. The summed E-state index contributed by atoms with van der Waals surface area (Å²) in [5.41, 5.74) is 3.31. The number of unbranched alkanes of at least 4 members (excludes halogenated alkanes) is 1. The maximum atomic E-state index is 6.38. The Morgan fingerprint density at radius 1 is 0.821 bits per heavy atom. The molecule has 0 atom stereocenters. The van der Waals surface area contributed by atoms with Gasteiger partial charge in [0.1, 0.15) is 11.6 Å². The summed E-state index contributed by atoms with van der Waals surface area (Å²) in [4.78, 5) is 4.87. The Morgan fingerprint density at radius 2 is 1.57 bits per heavy atom. The highest BCUT2D eigenvalue weighted by molar-refractivity contribution is 6.31. The standard InChI is InChI=1S/C24H23ClN2O/c25-21-13-5-4-10-19(21)18-24-26-22-14-6-7-15-23(22)27(24)16-8-9-17-28-20-11-2-1-3-12-20/h1-7,10-15H,8-9,16-18H2. The molecule has 4 heteroatoms. The fourth-order valence-electron chi connectivity index (χ4n) is 3.40. The highest BCUT2D eigenvalue weighted by atomic mass is 35.5. The van der Waals surface area contributed by atoms with Crippen LogP contribution < -0.4 is 4.74 Å². The summed E-state index contributed by atoms with van der Waals surface area (Å²) in [6.45, 7) is 1.63. The molecular weight excluding hydrogens is 368 g/mol. The van der Waals surface area contributed by atoms with Crippen LogP contribution in [-0.4, -0.2) is 16.2 Å². The van der Waals surface area contributed by atoms with Crippen LogP contribution in [0.2, 0.25) is 5.02 Å². The molecule has 3 aromatic carbocycles. The van der Waals surface area contributed by atoms with Gasteiger partial charge in [0.05, 0.1) is 17.6 Å². The average Bonchev–Trinajstić information content (AvgIpc) is 3.07. The number of aryl methyl sites for hydroxylation is 1. The highest BCUT2D eigenvalue weighted by Crippen LogP contribution is 2.23. The van der Waals surface area contributed by atoms with Gasteiger partial charge in [-0.1, -0.05) is 60.1 Å². The number of fused-ring (bicyclic) bond motifs is 1. The van der Waals surface area contributed by atoms with Gasteiger partial charge >= 0.3 is 0 Å². The molecule has 0 N–H and O–H groups in total. The first-order valence-electron chi connectivity index (χ1n) is 9.66. The van der Waals surface area contributed by atoms with Gasteiger partial charge in [-0.05, 0) is 48.7 Å². The summed E-state index contributed by atoms with van der Waals surface area (Å²) >= 11 is 6.38. The highest BCUT2D eigenvalue weighted by Gasteiger charge is 2.12. The second kappa shape index (κ2) is 8.94. The number of aromatic nitrogens is 2. The molecule has 0 spiro atoms. The van der Waals surface area contributed by atoms with Gasteiger partial charge < -0.3 is 9.30 Å². The smallest absolute Gasteiger partial charge is 0.119 e. The van der Waals surface area contributed by atoms with Gasteiger partial charge in [-0.15, -0.1) is 0 Å². The number of ether oxygens (including phenoxy) is 1. The molecule has 0 fully saturated rings. The van der Waals surface area contributed by atoms with Crippen LogP contribution in [0.4, 0.5) is 0 Å². The zero-order valence-electron chi connectivity index (χ0n) is 15.7. The van der Waals surface area contributed by atoms with E-state index < -0.39 is 0 Å². The van der Waals surface area contributed by atoms with E-state index in [1.54, 1.807) is 0 Å². The van der Waals surface area contributed by atoms with Crippen LogP contribution in [0.5, 0.6) is 5.75 Å². The Hall–Kier alpha value is -2.78. The zero-order valence-corrected chi connectivity index (χ0v) is 16.5. The number of rotatable bonds is 8.